The van der Waals surface area contributed by atoms with E-state index in [2.05, 4.69) is 15.3 Å². The van der Waals surface area contributed by atoms with E-state index in [0.29, 0.717) is 16.7 Å². The summed E-state index contributed by atoms with van der Waals surface area (Å²) in [5, 5.41) is 22.2. The van der Waals surface area contributed by atoms with Gasteiger partial charge in [0.1, 0.15) is 5.02 Å². The van der Waals surface area contributed by atoms with Crippen LogP contribution in [0.5, 0.6) is 5.88 Å². The smallest absolute Gasteiger partial charge is 0.236 e. The van der Waals surface area contributed by atoms with Gasteiger partial charge in [0.2, 0.25) is 5.88 Å². The average molecular weight is 326 g/mol. The third-order valence-electron chi connectivity index (χ3n) is 2.68. The molecule has 1 aromatic heterocycles. The normalized spacial score (nSPS) is 12.1. The number of halogens is 1. The number of hydrogen-bond acceptors (Lipinski definition) is 6. The maximum absolute atomic E-state index is 9.76. The number of thioether (sulfide) groups is 1. The summed E-state index contributed by atoms with van der Waals surface area (Å²) in [7, 11) is 0. The van der Waals surface area contributed by atoms with Gasteiger partial charge in [-0.15, -0.1) is 0 Å². The first-order valence-electron chi connectivity index (χ1n) is 6.40. The predicted octanol–water partition coefficient (Wildman–Crippen LogP) is 2.92. The van der Waals surface area contributed by atoms with Crippen molar-refractivity contribution in [3.63, 3.8) is 0 Å². The Labute approximate surface area is 132 Å². The summed E-state index contributed by atoms with van der Waals surface area (Å²) in [6, 6.07) is 9.68. The SMILES string of the molecule is C[C@H](CO)Nc1nc(SCc2ccccc2)nc(O)c1Cl. The molecule has 0 fully saturated rings. The number of anilines is 1. The number of rotatable bonds is 6. The summed E-state index contributed by atoms with van der Waals surface area (Å²) >= 11 is 7.36. The van der Waals surface area contributed by atoms with E-state index < -0.39 is 0 Å². The molecule has 0 radical (unpaired) electrons. The van der Waals surface area contributed by atoms with E-state index in [1.165, 1.54) is 11.8 Å². The highest BCUT2D eigenvalue weighted by molar-refractivity contribution is 7.98. The van der Waals surface area contributed by atoms with E-state index >= 15 is 0 Å². The summed E-state index contributed by atoms with van der Waals surface area (Å²) in [6.07, 6.45) is 0. The minimum Gasteiger partial charge on any atom is -0.492 e. The molecule has 2 aromatic rings. The van der Waals surface area contributed by atoms with Crippen LogP contribution in [-0.4, -0.2) is 32.8 Å². The van der Waals surface area contributed by atoms with Gasteiger partial charge in [0.15, 0.2) is 11.0 Å². The Morgan fingerprint density at radius 3 is 2.67 bits per heavy atom. The van der Waals surface area contributed by atoms with Crippen LogP contribution >= 0.6 is 23.4 Å². The van der Waals surface area contributed by atoms with Crippen LogP contribution in [0.2, 0.25) is 5.02 Å². The minimum absolute atomic E-state index is 0.0550. The van der Waals surface area contributed by atoms with Crippen LogP contribution in [0, 0.1) is 0 Å². The van der Waals surface area contributed by atoms with Gasteiger partial charge in [-0.2, -0.15) is 4.98 Å². The lowest BCUT2D eigenvalue weighted by atomic mass is 10.2. The van der Waals surface area contributed by atoms with Gasteiger partial charge in [-0.05, 0) is 12.5 Å². The van der Waals surface area contributed by atoms with E-state index in [-0.39, 0.29) is 23.6 Å². The molecular formula is C14H16ClN3O2S. The molecule has 0 amide bonds. The van der Waals surface area contributed by atoms with Gasteiger partial charge >= 0.3 is 0 Å². The molecule has 1 aromatic carbocycles. The Hall–Kier alpha value is -1.50. The second kappa shape index (κ2) is 7.49. The van der Waals surface area contributed by atoms with Gasteiger partial charge in [0.05, 0.1) is 6.61 Å². The van der Waals surface area contributed by atoms with Crippen molar-refractivity contribution in [3.05, 3.63) is 40.9 Å². The number of aromatic nitrogens is 2. The van der Waals surface area contributed by atoms with Gasteiger partial charge in [0.25, 0.3) is 0 Å². The molecular weight excluding hydrogens is 310 g/mol. The zero-order chi connectivity index (χ0) is 15.2. The molecule has 0 saturated heterocycles. The molecule has 7 heteroatoms. The first-order chi connectivity index (χ1) is 10.1. The van der Waals surface area contributed by atoms with E-state index in [9.17, 15) is 5.11 Å². The standard InChI is InChI=1S/C14H16ClN3O2S/c1-9(7-19)16-12-11(15)13(20)18-14(17-12)21-8-10-5-3-2-4-6-10/h2-6,9,19H,7-8H2,1H3,(H2,16,17,18,20)/t9-/m1/s1. The number of nitrogens with one attached hydrogen (secondary N) is 1. The second-order valence-electron chi connectivity index (χ2n) is 4.49. The van der Waals surface area contributed by atoms with E-state index in [4.69, 9.17) is 16.7 Å². The molecule has 0 saturated carbocycles. The van der Waals surface area contributed by atoms with Crippen LogP contribution in [0.4, 0.5) is 5.82 Å². The summed E-state index contributed by atoms with van der Waals surface area (Å²) in [5.74, 6) is 0.743. The molecule has 112 valence electrons. The molecule has 1 heterocycles. The van der Waals surface area contributed by atoms with Crippen molar-refractivity contribution in [2.24, 2.45) is 0 Å². The molecule has 0 aliphatic carbocycles. The topological polar surface area (TPSA) is 78.3 Å². The van der Waals surface area contributed by atoms with Crippen molar-refractivity contribution >= 4 is 29.2 Å². The molecule has 0 aliphatic heterocycles. The summed E-state index contributed by atoms with van der Waals surface area (Å²) in [5.41, 5.74) is 1.14. The Morgan fingerprint density at radius 2 is 2.00 bits per heavy atom. The highest BCUT2D eigenvalue weighted by Crippen LogP contribution is 2.31. The first kappa shape index (κ1) is 15.9. The minimum atomic E-state index is -0.269. The number of aliphatic hydroxyl groups excluding tert-OH is 1. The van der Waals surface area contributed by atoms with E-state index in [1.807, 2.05) is 30.3 Å². The third kappa shape index (κ3) is 4.49. The number of hydrogen-bond donors (Lipinski definition) is 3. The van der Waals surface area contributed by atoms with Crippen molar-refractivity contribution in [1.29, 1.82) is 0 Å². The van der Waals surface area contributed by atoms with Crippen LogP contribution < -0.4 is 5.32 Å². The van der Waals surface area contributed by atoms with Crippen LogP contribution in [0.25, 0.3) is 0 Å². The fourth-order valence-corrected chi connectivity index (χ4v) is 2.51. The van der Waals surface area contributed by atoms with E-state index in [0.717, 1.165) is 5.56 Å². The molecule has 5 nitrogen and oxygen atoms in total. The Balaban J connectivity index is 2.13. The predicted molar refractivity (Wildman–Crippen MR) is 84.9 cm³/mol. The third-order valence-corrected chi connectivity index (χ3v) is 3.95. The Bertz CT molecular complexity index is 598. The number of aromatic hydroxyl groups is 1. The quantitative estimate of drug-likeness (QED) is 0.560. The van der Waals surface area contributed by atoms with Crippen molar-refractivity contribution < 1.29 is 10.2 Å². The molecule has 0 bridgehead atoms. The summed E-state index contributed by atoms with van der Waals surface area (Å²) in [6.45, 7) is 1.72. The molecule has 2 rings (SSSR count). The van der Waals surface area contributed by atoms with Gasteiger partial charge in [-0.1, -0.05) is 53.7 Å². The van der Waals surface area contributed by atoms with Crippen LogP contribution in [0.15, 0.2) is 35.5 Å². The zero-order valence-corrected chi connectivity index (χ0v) is 13.0. The lowest BCUT2D eigenvalue weighted by molar-refractivity contribution is 0.281. The largest absolute Gasteiger partial charge is 0.492 e. The van der Waals surface area contributed by atoms with Crippen LogP contribution in [0.3, 0.4) is 0 Å². The highest BCUT2D eigenvalue weighted by atomic mass is 35.5. The number of nitrogens with zero attached hydrogens (tertiary/aromatic N) is 2. The fraction of sp³-hybridized carbons (Fsp3) is 0.286. The van der Waals surface area contributed by atoms with Crippen LogP contribution in [-0.2, 0) is 5.75 Å². The number of benzene rings is 1. The maximum atomic E-state index is 9.76. The maximum Gasteiger partial charge on any atom is 0.236 e. The number of aliphatic hydroxyl groups is 1. The molecule has 0 spiro atoms. The van der Waals surface area contributed by atoms with Crippen LogP contribution in [0.1, 0.15) is 12.5 Å². The summed E-state index contributed by atoms with van der Waals surface area (Å²) < 4.78 is 0. The van der Waals surface area contributed by atoms with Crippen molar-refractivity contribution in [2.75, 3.05) is 11.9 Å². The molecule has 0 unspecified atom stereocenters. The lowest BCUT2D eigenvalue weighted by Gasteiger charge is -2.14. The van der Waals surface area contributed by atoms with Crippen molar-refractivity contribution in [2.45, 2.75) is 23.9 Å². The Morgan fingerprint density at radius 1 is 1.29 bits per heavy atom. The molecule has 21 heavy (non-hydrogen) atoms. The van der Waals surface area contributed by atoms with Gasteiger partial charge in [0, 0.05) is 11.8 Å². The zero-order valence-electron chi connectivity index (χ0n) is 11.5. The van der Waals surface area contributed by atoms with E-state index in [1.54, 1.807) is 6.92 Å². The highest BCUT2D eigenvalue weighted by Gasteiger charge is 2.14. The second-order valence-corrected chi connectivity index (χ2v) is 5.82. The fourth-order valence-electron chi connectivity index (χ4n) is 1.58. The van der Waals surface area contributed by atoms with Gasteiger partial charge in [-0.3, -0.25) is 0 Å². The molecule has 0 aliphatic rings. The van der Waals surface area contributed by atoms with Gasteiger partial charge in [-0.25, -0.2) is 4.98 Å². The summed E-state index contributed by atoms with van der Waals surface area (Å²) in [4.78, 5) is 8.23. The monoisotopic (exact) mass is 325 g/mol. The average Bonchev–Trinajstić information content (AvgIpc) is 2.50. The van der Waals surface area contributed by atoms with Crippen molar-refractivity contribution in [3.8, 4) is 5.88 Å². The lowest BCUT2D eigenvalue weighted by Crippen LogP contribution is -2.20. The first-order valence-corrected chi connectivity index (χ1v) is 7.77. The molecule has 1 atom stereocenters. The van der Waals surface area contributed by atoms with Gasteiger partial charge < -0.3 is 15.5 Å². The van der Waals surface area contributed by atoms with Crippen molar-refractivity contribution in [1.82, 2.24) is 9.97 Å². The Kier molecular flexibility index (Phi) is 5.67. The molecule has 3 N–H and O–H groups in total.